The number of halogens is 1. The quantitative estimate of drug-likeness (QED) is 0.555. The molecule has 1 aromatic carbocycles. The van der Waals surface area contributed by atoms with E-state index in [0.717, 1.165) is 42.3 Å². The Bertz CT molecular complexity index is 453. The van der Waals surface area contributed by atoms with Crippen LogP contribution in [0.3, 0.4) is 0 Å². The molecule has 1 atom stereocenters. The number of carbonyl (C=O) groups is 1. The van der Waals surface area contributed by atoms with Crippen LogP contribution in [-0.4, -0.2) is 49.9 Å². The Balaban J connectivity index is 0.000000570. The first-order chi connectivity index (χ1) is 10.8. The molecule has 1 unspecified atom stereocenters. The highest BCUT2D eigenvalue weighted by molar-refractivity contribution is 14.0. The minimum absolute atomic E-state index is 0. The number of benzene rings is 1. The van der Waals surface area contributed by atoms with Crippen LogP contribution in [0, 0.1) is 5.92 Å². The van der Waals surface area contributed by atoms with Gasteiger partial charge in [0.2, 0.25) is 0 Å². The molecule has 138 valence electrons. The highest BCUT2D eigenvalue weighted by Crippen LogP contribution is 2.35. The topological polar surface area (TPSA) is 60.4 Å². The number of hydrogen-bond donors (Lipinski definition) is 1. The average Bonchev–Trinajstić information content (AvgIpc) is 2.49. The molecule has 4 nitrogen and oxygen atoms in total. The van der Waals surface area contributed by atoms with E-state index in [2.05, 4.69) is 21.1 Å². The minimum atomic E-state index is -0.918. The summed E-state index contributed by atoms with van der Waals surface area (Å²) in [6.07, 6.45) is 5.59. The Morgan fingerprint density at radius 1 is 1.17 bits per heavy atom. The molecule has 5 heteroatoms. The van der Waals surface area contributed by atoms with Crippen molar-refractivity contribution in [2.24, 2.45) is 5.92 Å². The van der Waals surface area contributed by atoms with E-state index in [1.807, 2.05) is 30.3 Å². The number of nitrogens with zero attached hydrogens (tertiary/aromatic N) is 1. The number of quaternary nitrogens is 1. The van der Waals surface area contributed by atoms with Crippen LogP contribution in [0.5, 0.6) is 0 Å². The molecule has 1 N–H and O–H groups in total. The van der Waals surface area contributed by atoms with Gasteiger partial charge in [-0.25, -0.2) is 0 Å². The van der Waals surface area contributed by atoms with E-state index in [1.165, 1.54) is 6.42 Å². The van der Waals surface area contributed by atoms with E-state index in [4.69, 9.17) is 5.11 Å². The first kappa shape index (κ1) is 23.3. The predicted molar refractivity (Wildman–Crippen MR) is 106 cm³/mol. The van der Waals surface area contributed by atoms with Crippen molar-refractivity contribution in [2.75, 3.05) is 34.3 Å². The third kappa shape index (κ3) is 8.99. The molecular weight excluding hydrogens is 417 g/mol. The van der Waals surface area contributed by atoms with Crippen molar-refractivity contribution >= 4 is 29.9 Å². The van der Waals surface area contributed by atoms with Crippen LogP contribution in [0.15, 0.2) is 30.3 Å². The van der Waals surface area contributed by atoms with Gasteiger partial charge >= 0.3 is 0 Å². The number of rotatable bonds is 5. The van der Waals surface area contributed by atoms with E-state index < -0.39 is 11.9 Å². The van der Waals surface area contributed by atoms with Gasteiger partial charge in [0.15, 0.2) is 0 Å². The van der Waals surface area contributed by atoms with Crippen LogP contribution in [0.25, 0.3) is 0 Å². The van der Waals surface area contributed by atoms with Crippen molar-refractivity contribution in [3.05, 3.63) is 35.9 Å². The molecule has 1 aromatic rings. The molecule has 1 aliphatic rings. The Morgan fingerprint density at radius 2 is 1.71 bits per heavy atom. The molecule has 0 spiro atoms. The van der Waals surface area contributed by atoms with Crippen LogP contribution in [-0.2, 0) is 4.79 Å². The fourth-order valence-corrected chi connectivity index (χ4v) is 3.03. The van der Waals surface area contributed by atoms with Gasteiger partial charge < -0.3 is 19.5 Å². The lowest BCUT2D eigenvalue weighted by Crippen LogP contribution is -2.36. The zero-order valence-electron chi connectivity index (χ0n) is 15.1. The zero-order chi connectivity index (χ0) is 17.3. The van der Waals surface area contributed by atoms with Gasteiger partial charge in [-0.3, -0.25) is 0 Å². The Morgan fingerprint density at radius 3 is 2.08 bits per heavy atom. The number of carboxylic acid groups (broad SMARTS) is 1. The molecule has 1 aliphatic carbocycles. The number of carboxylic acids is 1. The van der Waals surface area contributed by atoms with Crippen LogP contribution in [0.2, 0.25) is 0 Å². The maximum atomic E-state index is 11.3. The van der Waals surface area contributed by atoms with E-state index in [1.54, 1.807) is 0 Å². The molecule has 0 amide bonds. The second-order valence-electron chi connectivity index (χ2n) is 7.34. The predicted octanol–water partition coefficient (Wildman–Crippen LogP) is 2.40. The Hall–Kier alpha value is -0.660. The normalized spacial score (nSPS) is 16.3. The summed E-state index contributed by atoms with van der Waals surface area (Å²) < 4.78 is 0.844. The minimum Gasteiger partial charge on any atom is -0.549 e. The fraction of sp³-hybridized carbons (Fsp3) is 0.632. The first-order valence-electron chi connectivity index (χ1n) is 8.52. The van der Waals surface area contributed by atoms with Crippen molar-refractivity contribution in [1.82, 2.24) is 0 Å². The molecule has 1 saturated carbocycles. The molecule has 1 fully saturated rings. The SMILES string of the molecule is C[N+](C)(C)CCO.I.O=C([O-])C(c1ccccc1)C1CCCCC1. The lowest BCUT2D eigenvalue weighted by molar-refractivity contribution is -0.870. The van der Waals surface area contributed by atoms with E-state index in [-0.39, 0.29) is 36.5 Å². The number of carbonyl (C=O) groups excluding carboxylic acids is 1. The van der Waals surface area contributed by atoms with E-state index in [9.17, 15) is 9.90 Å². The Kier molecular flexibility index (Phi) is 11.5. The number of aliphatic hydroxyl groups is 1. The number of likely N-dealkylation sites (N-methyl/N-ethyl adjacent to an activating group) is 1. The third-order valence-electron chi connectivity index (χ3n) is 4.30. The molecule has 0 aromatic heterocycles. The van der Waals surface area contributed by atoms with E-state index >= 15 is 0 Å². The summed E-state index contributed by atoms with van der Waals surface area (Å²) in [6.45, 7) is 1.11. The van der Waals surface area contributed by atoms with Crippen molar-refractivity contribution in [3.8, 4) is 0 Å². The van der Waals surface area contributed by atoms with Gasteiger partial charge in [0.1, 0.15) is 6.54 Å². The third-order valence-corrected chi connectivity index (χ3v) is 4.30. The summed E-state index contributed by atoms with van der Waals surface area (Å²) in [5.74, 6) is -1.07. The summed E-state index contributed by atoms with van der Waals surface area (Å²) in [4.78, 5) is 11.3. The number of aliphatic carboxylic acids is 1. The van der Waals surface area contributed by atoms with Crippen molar-refractivity contribution in [2.45, 2.75) is 38.0 Å². The van der Waals surface area contributed by atoms with Crippen LogP contribution < -0.4 is 5.11 Å². The van der Waals surface area contributed by atoms with Crippen LogP contribution in [0.1, 0.15) is 43.6 Å². The summed E-state index contributed by atoms with van der Waals surface area (Å²) in [5.41, 5.74) is 0.898. The standard InChI is InChI=1S/C14H18O2.C5H14NO.HI/c15-14(16)13(11-7-3-1-4-8-11)12-9-5-2-6-10-12;1-6(2,3)4-5-7;/h1,3-4,7-8,12-13H,2,5-6,9-10H2,(H,15,16);7H,4-5H2,1-3H3;1H/q;+1;/p-1. The molecule has 0 radical (unpaired) electrons. The lowest BCUT2D eigenvalue weighted by atomic mass is 9.77. The van der Waals surface area contributed by atoms with Crippen molar-refractivity contribution < 1.29 is 19.5 Å². The number of aliphatic hydroxyl groups excluding tert-OH is 1. The lowest BCUT2D eigenvalue weighted by Gasteiger charge is -2.31. The summed E-state index contributed by atoms with van der Waals surface area (Å²) in [7, 11) is 6.16. The van der Waals surface area contributed by atoms with Crippen molar-refractivity contribution in [3.63, 3.8) is 0 Å². The van der Waals surface area contributed by atoms with Gasteiger partial charge in [0, 0.05) is 11.9 Å². The smallest absolute Gasteiger partial charge is 0.101 e. The molecule has 0 heterocycles. The fourth-order valence-electron chi connectivity index (χ4n) is 3.03. The molecular formula is C19H32INO3. The van der Waals surface area contributed by atoms with Gasteiger partial charge in [-0.2, -0.15) is 0 Å². The molecule has 0 aliphatic heterocycles. The molecule has 0 saturated heterocycles. The molecule has 0 bridgehead atoms. The van der Waals surface area contributed by atoms with Gasteiger partial charge in [-0.05, 0) is 24.3 Å². The van der Waals surface area contributed by atoms with Gasteiger partial charge in [0.05, 0.1) is 27.7 Å². The maximum absolute atomic E-state index is 11.3. The highest BCUT2D eigenvalue weighted by Gasteiger charge is 2.25. The average molecular weight is 449 g/mol. The maximum Gasteiger partial charge on any atom is 0.101 e. The highest BCUT2D eigenvalue weighted by atomic mass is 127. The summed E-state index contributed by atoms with van der Waals surface area (Å²) in [5, 5.41) is 19.7. The molecule has 24 heavy (non-hydrogen) atoms. The van der Waals surface area contributed by atoms with Crippen LogP contribution in [0.4, 0.5) is 0 Å². The molecule has 2 rings (SSSR count). The number of hydrogen-bond acceptors (Lipinski definition) is 3. The van der Waals surface area contributed by atoms with Crippen LogP contribution >= 0.6 is 24.0 Å². The Labute approximate surface area is 163 Å². The second-order valence-corrected chi connectivity index (χ2v) is 7.34. The second kappa shape index (κ2) is 11.8. The first-order valence-corrected chi connectivity index (χ1v) is 8.52. The van der Waals surface area contributed by atoms with Gasteiger partial charge in [-0.15, -0.1) is 24.0 Å². The van der Waals surface area contributed by atoms with E-state index in [0.29, 0.717) is 0 Å². The van der Waals surface area contributed by atoms with Gasteiger partial charge in [0.25, 0.3) is 0 Å². The largest absolute Gasteiger partial charge is 0.549 e. The monoisotopic (exact) mass is 449 g/mol. The van der Waals surface area contributed by atoms with Gasteiger partial charge in [-0.1, -0.05) is 49.6 Å². The van der Waals surface area contributed by atoms with Crippen molar-refractivity contribution in [1.29, 1.82) is 0 Å². The summed E-state index contributed by atoms with van der Waals surface area (Å²) in [6, 6.07) is 9.50. The summed E-state index contributed by atoms with van der Waals surface area (Å²) >= 11 is 0. The zero-order valence-corrected chi connectivity index (χ0v) is 17.4.